The van der Waals surface area contributed by atoms with Gasteiger partial charge in [0.25, 0.3) is 4.87 Å². The highest BCUT2D eigenvalue weighted by Gasteiger charge is 2.30. The Balaban J connectivity index is 1.67. The van der Waals surface area contributed by atoms with Crippen molar-refractivity contribution in [3.05, 3.63) is 80.7 Å². The van der Waals surface area contributed by atoms with Gasteiger partial charge in [0.1, 0.15) is 10.6 Å². The standard InChI is InChI=1S/C19H14ClNO2S/c20-14-6-8-15(9-7-14)21-19-23-17-11-13(10-16(22)18(17)24-19)12-4-2-1-3-5-12/h1-9,13H,10-11H2. The molecule has 1 aliphatic rings. The summed E-state index contributed by atoms with van der Waals surface area (Å²) in [7, 11) is 0. The van der Waals surface area contributed by atoms with Crippen LogP contribution in [0.3, 0.4) is 0 Å². The molecule has 5 heteroatoms. The molecule has 0 saturated heterocycles. The number of benzene rings is 2. The van der Waals surface area contributed by atoms with Crippen LogP contribution in [0.1, 0.15) is 33.3 Å². The van der Waals surface area contributed by atoms with Crippen LogP contribution in [-0.4, -0.2) is 5.78 Å². The van der Waals surface area contributed by atoms with Crippen molar-refractivity contribution in [2.24, 2.45) is 4.99 Å². The zero-order valence-corrected chi connectivity index (χ0v) is 14.3. The molecule has 0 aliphatic heterocycles. The van der Waals surface area contributed by atoms with Crippen molar-refractivity contribution in [3.63, 3.8) is 0 Å². The van der Waals surface area contributed by atoms with E-state index >= 15 is 0 Å². The average Bonchev–Trinajstić information content (AvgIpc) is 3.01. The molecule has 0 fully saturated rings. The highest BCUT2D eigenvalue weighted by atomic mass is 35.5. The third kappa shape index (κ3) is 3.07. The van der Waals surface area contributed by atoms with E-state index in [0.29, 0.717) is 21.2 Å². The first-order chi connectivity index (χ1) is 11.7. The minimum Gasteiger partial charge on any atom is -0.434 e. The molecule has 0 N–H and O–H groups in total. The largest absolute Gasteiger partial charge is 0.434 e. The summed E-state index contributed by atoms with van der Waals surface area (Å²) < 4.78 is 5.86. The van der Waals surface area contributed by atoms with Gasteiger partial charge >= 0.3 is 0 Å². The lowest BCUT2D eigenvalue weighted by atomic mass is 9.85. The van der Waals surface area contributed by atoms with Gasteiger partial charge in [-0.05, 0) is 35.7 Å². The molecular formula is C19H14ClNO2S. The first-order valence-electron chi connectivity index (χ1n) is 7.70. The second kappa shape index (κ2) is 6.38. The lowest BCUT2D eigenvalue weighted by molar-refractivity contribution is 0.0963. The van der Waals surface area contributed by atoms with Gasteiger partial charge in [-0.1, -0.05) is 53.3 Å². The van der Waals surface area contributed by atoms with E-state index in [-0.39, 0.29) is 11.7 Å². The Morgan fingerprint density at radius 2 is 1.79 bits per heavy atom. The van der Waals surface area contributed by atoms with Gasteiger partial charge < -0.3 is 4.42 Å². The van der Waals surface area contributed by atoms with Gasteiger partial charge in [-0.15, -0.1) is 0 Å². The molecule has 3 aromatic rings. The molecule has 0 amide bonds. The van der Waals surface area contributed by atoms with E-state index < -0.39 is 0 Å². The first-order valence-corrected chi connectivity index (χ1v) is 8.90. The minimum absolute atomic E-state index is 0.136. The van der Waals surface area contributed by atoms with E-state index in [1.807, 2.05) is 30.3 Å². The molecule has 1 unspecified atom stereocenters. The normalized spacial score (nSPS) is 17.8. The van der Waals surface area contributed by atoms with Crippen molar-refractivity contribution < 1.29 is 9.21 Å². The molecule has 1 aliphatic carbocycles. The van der Waals surface area contributed by atoms with Gasteiger partial charge in [0.05, 0.1) is 5.69 Å². The fraction of sp³-hybridized carbons (Fsp3) is 0.158. The first kappa shape index (κ1) is 15.4. The smallest absolute Gasteiger partial charge is 0.279 e. The molecule has 0 spiro atoms. The van der Waals surface area contributed by atoms with Gasteiger partial charge in [0.15, 0.2) is 5.78 Å². The van der Waals surface area contributed by atoms with Crippen LogP contribution < -0.4 is 4.87 Å². The molecule has 2 aromatic carbocycles. The maximum Gasteiger partial charge on any atom is 0.279 e. The van der Waals surface area contributed by atoms with Gasteiger partial charge in [-0.25, -0.2) is 4.99 Å². The number of rotatable bonds is 2. The van der Waals surface area contributed by atoms with E-state index in [1.165, 1.54) is 16.9 Å². The molecular weight excluding hydrogens is 342 g/mol. The Morgan fingerprint density at radius 1 is 1.04 bits per heavy atom. The van der Waals surface area contributed by atoms with Crippen LogP contribution in [0, 0.1) is 0 Å². The number of ketones is 1. The Morgan fingerprint density at radius 3 is 2.54 bits per heavy atom. The number of nitrogens with zero attached hydrogens (tertiary/aromatic N) is 1. The molecule has 24 heavy (non-hydrogen) atoms. The summed E-state index contributed by atoms with van der Waals surface area (Å²) in [5.41, 5.74) is 1.93. The number of carbonyl (C=O) groups excluding carboxylic acids is 1. The van der Waals surface area contributed by atoms with E-state index in [1.54, 1.807) is 12.1 Å². The third-order valence-electron chi connectivity index (χ3n) is 4.09. The van der Waals surface area contributed by atoms with Crippen molar-refractivity contribution in [2.75, 3.05) is 0 Å². The Labute approximate surface area is 148 Å². The summed E-state index contributed by atoms with van der Waals surface area (Å²) in [5.74, 6) is 1.06. The van der Waals surface area contributed by atoms with E-state index in [0.717, 1.165) is 17.9 Å². The molecule has 1 atom stereocenters. The maximum absolute atomic E-state index is 12.5. The van der Waals surface area contributed by atoms with E-state index in [9.17, 15) is 4.79 Å². The molecule has 1 aromatic heterocycles. The summed E-state index contributed by atoms with van der Waals surface area (Å²) in [5, 5.41) is 0.664. The quantitative estimate of drug-likeness (QED) is 0.638. The van der Waals surface area contributed by atoms with Crippen molar-refractivity contribution >= 4 is 34.4 Å². The number of hydrogen-bond acceptors (Lipinski definition) is 4. The molecule has 0 saturated carbocycles. The van der Waals surface area contributed by atoms with Gasteiger partial charge in [-0.2, -0.15) is 0 Å². The topological polar surface area (TPSA) is 42.6 Å². The van der Waals surface area contributed by atoms with Crippen LogP contribution in [-0.2, 0) is 6.42 Å². The zero-order valence-electron chi connectivity index (χ0n) is 12.7. The Hall–Kier alpha value is -2.17. The molecule has 4 rings (SSSR count). The van der Waals surface area contributed by atoms with E-state index in [2.05, 4.69) is 17.1 Å². The fourth-order valence-electron chi connectivity index (χ4n) is 2.90. The number of Topliss-reactive ketones (excluding diaryl/α,β-unsaturated/α-hetero) is 1. The molecule has 0 bridgehead atoms. The fourth-order valence-corrected chi connectivity index (χ4v) is 3.93. The van der Waals surface area contributed by atoms with Crippen molar-refractivity contribution in [1.82, 2.24) is 0 Å². The summed E-state index contributed by atoms with van der Waals surface area (Å²) in [6, 6.07) is 17.3. The summed E-state index contributed by atoms with van der Waals surface area (Å²) in [6.07, 6.45) is 1.26. The van der Waals surface area contributed by atoms with Crippen LogP contribution in [0.2, 0.25) is 5.02 Å². The second-order valence-corrected chi connectivity index (χ2v) is 7.15. The van der Waals surface area contributed by atoms with Crippen LogP contribution in [0.25, 0.3) is 0 Å². The van der Waals surface area contributed by atoms with Crippen LogP contribution in [0.5, 0.6) is 0 Å². The number of carbonyl (C=O) groups is 1. The predicted molar refractivity (Wildman–Crippen MR) is 95.1 cm³/mol. The van der Waals surface area contributed by atoms with E-state index in [4.69, 9.17) is 16.0 Å². The summed E-state index contributed by atoms with van der Waals surface area (Å²) in [4.78, 5) is 18.1. The Bertz CT molecular complexity index is 942. The van der Waals surface area contributed by atoms with Gasteiger partial charge in [0.2, 0.25) is 0 Å². The summed E-state index contributed by atoms with van der Waals surface area (Å²) >= 11 is 7.21. The molecule has 0 radical (unpaired) electrons. The SMILES string of the molecule is O=C1CC(c2ccccc2)Cc2oc(=Nc3ccc(Cl)cc3)sc21. The number of hydrogen-bond donors (Lipinski definition) is 0. The summed E-state index contributed by atoms with van der Waals surface area (Å²) in [6.45, 7) is 0. The molecule has 3 nitrogen and oxygen atoms in total. The second-order valence-electron chi connectivity index (χ2n) is 5.75. The predicted octanol–water partition coefficient (Wildman–Crippen LogP) is 5.14. The lowest BCUT2D eigenvalue weighted by Crippen LogP contribution is -2.16. The zero-order chi connectivity index (χ0) is 16.5. The highest BCUT2D eigenvalue weighted by molar-refractivity contribution is 7.11. The van der Waals surface area contributed by atoms with Crippen LogP contribution >= 0.6 is 22.9 Å². The van der Waals surface area contributed by atoms with Crippen LogP contribution in [0.15, 0.2) is 64.0 Å². The number of fused-ring (bicyclic) bond motifs is 1. The number of halogens is 1. The van der Waals surface area contributed by atoms with Crippen molar-refractivity contribution in [3.8, 4) is 0 Å². The monoisotopic (exact) mass is 355 g/mol. The Kier molecular flexibility index (Phi) is 4.08. The third-order valence-corrected chi connectivity index (χ3v) is 5.35. The minimum atomic E-state index is 0.136. The lowest BCUT2D eigenvalue weighted by Gasteiger charge is -2.19. The van der Waals surface area contributed by atoms with Gasteiger partial charge in [-0.3, -0.25) is 4.79 Å². The van der Waals surface area contributed by atoms with Crippen molar-refractivity contribution in [1.29, 1.82) is 0 Å². The molecule has 1 heterocycles. The van der Waals surface area contributed by atoms with Gasteiger partial charge in [0, 0.05) is 17.9 Å². The molecule has 120 valence electrons. The van der Waals surface area contributed by atoms with Crippen molar-refractivity contribution in [2.45, 2.75) is 18.8 Å². The maximum atomic E-state index is 12.5. The highest BCUT2D eigenvalue weighted by Crippen LogP contribution is 2.33. The van der Waals surface area contributed by atoms with Crippen LogP contribution in [0.4, 0.5) is 5.69 Å². The average molecular weight is 356 g/mol.